The molecule has 1 atom stereocenters. The molecule has 25 heavy (non-hydrogen) atoms. The summed E-state index contributed by atoms with van der Waals surface area (Å²) in [5.74, 6) is 0.687. The molecule has 4 heterocycles. The number of piperidine rings is 3. The van der Waals surface area contributed by atoms with Crippen molar-refractivity contribution in [2.75, 3.05) is 19.6 Å². The minimum Gasteiger partial charge on any atom is -0.347 e. The van der Waals surface area contributed by atoms with Crippen molar-refractivity contribution in [1.29, 1.82) is 0 Å². The predicted octanol–water partition coefficient (Wildman–Crippen LogP) is 3.79. The maximum atomic E-state index is 12.7. The van der Waals surface area contributed by atoms with Gasteiger partial charge in [0.25, 0.3) is 5.91 Å². The first-order valence-electron chi connectivity index (χ1n) is 8.27. The van der Waals surface area contributed by atoms with Crippen molar-refractivity contribution in [3.8, 4) is 10.6 Å². The van der Waals surface area contributed by atoms with Gasteiger partial charge in [0, 0.05) is 18.2 Å². The van der Waals surface area contributed by atoms with E-state index in [4.69, 9.17) is 0 Å². The molecule has 0 spiro atoms. The third kappa shape index (κ3) is 4.17. The van der Waals surface area contributed by atoms with Crippen LogP contribution in [-0.2, 0) is 0 Å². The van der Waals surface area contributed by atoms with Crippen molar-refractivity contribution in [2.45, 2.75) is 25.8 Å². The van der Waals surface area contributed by atoms with Crippen LogP contribution in [0.3, 0.4) is 0 Å². The minimum atomic E-state index is 0. The number of rotatable bonds is 3. The first kappa shape index (κ1) is 20.2. The quantitative estimate of drug-likeness (QED) is 0.853. The Kier molecular flexibility index (Phi) is 6.86. The lowest BCUT2D eigenvalue weighted by Crippen LogP contribution is -2.57. The van der Waals surface area contributed by atoms with Gasteiger partial charge >= 0.3 is 0 Å². The molecule has 0 unspecified atom stereocenters. The molecule has 5 rings (SSSR count). The fourth-order valence-corrected chi connectivity index (χ4v) is 4.65. The van der Waals surface area contributed by atoms with Crippen molar-refractivity contribution in [3.05, 3.63) is 40.9 Å². The summed E-state index contributed by atoms with van der Waals surface area (Å²) in [6.07, 6.45) is 2.42. The number of carbonyl (C=O) groups excluding carboxylic acids is 1. The van der Waals surface area contributed by atoms with Crippen LogP contribution in [0.1, 0.15) is 28.2 Å². The molecular formula is C18H23Cl2N3OS. The number of fused-ring (bicyclic) bond motifs is 3. The van der Waals surface area contributed by atoms with Gasteiger partial charge in [-0.25, -0.2) is 4.98 Å². The fraction of sp³-hybridized carbons (Fsp3) is 0.444. The highest BCUT2D eigenvalue weighted by molar-refractivity contribution is 7.17. The summed E-state index contributed by atoms with van der Waals surface area (Å²) >= 11 is 1.49. The lowest BCUT2D eigenvalue weighted by atomic mass is 9.84. The van der Waals surface area contributed by atoms with Gasteiger partial charge in [0.15, 0.2) is 0 Å². The van der Waals surface area contributed by atoms with Gasteiger partial charge in [0.1, 0.15) is 9.88 Å². The third-order valence-electron chi connectivity index (χ3n) is 5.00. The molecule has 3 aliphatic rings. The van der Waals surface area contributed by atoms with Gasteiger partial charge < -0.3 is 10.2 Å². The number of thiazole rings is 1. The number of aryl methyl sites for hydroxylation is 1. The van der Waals surface area contributed by atoms with E-state index in [0.717, 1.165) is 27.7 Å². The number of halogens is 2. The van der Waals surface area contributed by atoms with Gasteiger partial charge in [-0.1, -0.05) is 30.3 Å². The molecule has 1 aromatic carbocycles. The number of aromatic nitrogens is 1. The molecule has 3 aliphatic heterocycles. The maximum Gasteiger partial charge on any atom is 0.263 e. The highest BCUT2D eigenvalue weighted by Gasteiger charge is 2.35. The highest BCUT2D eigenvalue weighted by atomic mass is 35.5. The molecule has 0 saturated carbocycles. The van der Waals surface area contributed by atoms with Crippen molar-refractivity contribution >= 4 is 42.1 Å². The number of benzene rings is 1. The van der Waals surface area contributed by atoms with Crippen LogP contribution in [0.4, 0.5) is 0 Å². The van der Waals surface area contributed by atoms with Gasteiger partial charge in [0.2, 0.25) is 0 Å². The Hall–Kier alpha value is -1.14. The first-order valence-corrected chi connectivity index (χ1v) is 9.08. The zero-order valence-corrected chi connectivity index (χ0v) is 16.6. The molecule has 3 saturated heterocycles. The lowest BCUT2D eigenvalue weighted by molar-refractivity contribution is 0.0622. The summed E-state index contributed by atoms with van der Waals surface area (Å²) < 4.78 is 0. The highest BCUT2D eigenvalue weighted by Crippen LogP contribution is 2.30. The summed E-state index contributed by atoms with van der Waals surface area (Å²) in [6, 6.07) is 10.4. The molecular weight excluding hydrogens is 377 g/mol. The Morgan fingerprint density at radius 3 is 2.48 bits per heavy atom. The predicted molar refractivity (Wildman–Crippen MR) is 107 cm³/mol. The van der Waals surface area contributed by atoms with E-state index in [0.29, 0.717) is 12.0 Å². The molecule has 1 aromatic heterocycles. The Morgan fingerprint density at radius 1 is 1.20 bits per heavy atom. The Labute approximate surface area is 164 Å². The van der Waals surface area contributed by atoms with Gasteiger partial charge in [-0.05, 0) is 38.8 Å². The van der Waals surface area contributed by atoms with Crippen molar-refractivity contribution in [1.82, 2.24) is 15.2 Å². The molecule has 2 aromatic rings. The third-order valence-corrected chi connectivity index (χ3v) is 6.20. The summed E-state index contributed by atoms with van der Waals surface area (Å²) in [6.45, 7) is 5.30. The number of hydrogen-bond donors (Lipinski definition) is 1. The molecule has 136 valence electrons. The molecule has 2 bridgehead atoms. The largest absolute Gasteiger partial charge is 0.347 e. The zero-order valence-electron chi connectivity index (χ0n) is 14.1. The molecule has 1 amide bonds. The molecule has 0 radical (unpaired) electrons. The monoisotopic (exact) mass is 399 g/mol. The first-order chi connectivity index (χ1) is 11.2. The zero-order chi connectivity index (χ0) is 15.8. The van der Waals surface area contributed by atoms with Gasteiger partial charge in [-0.3, -0.25) is 4.79 Å². The number of carbonyl (C=O) groups is 1. The standard InChI is InChI=1S/C18H21N3OS.2ClH/c1-12-16(23-18(19-12)14-5-3-2-4-6-14)17(22)20-15-11-21-9-7-13(15)8-10-21;;/h2-6,13,15H,7-11H2,1H3,(H,20,22);2*1H/t15-;;/m0../s1. The summed E-state index contributed by atoms with van der Waals surface area (Å²) in [5, 5.41) is 4.18. The number of nitrogens with zero attached hydrogens (tertiary/aromatic N) is 2. The van der Waals surface area contributed by atoms with Crippen LogP contribution in [0.15, 0.2) is 30.3 Å². The molecule has 3 fully saturated rings. The van der Waals surface area contributed by atoms with E-state index in [1.807, 2.05) is 37.3 Å². The van der Waals surface area contributed by atoms with E-state index in [2.05, 4.69) is 15.2 Å². The molecule has 4 nitrogen and oxygen atoms in total. The van der Waals surface area contributed by atoms with Crippen LogP contribution in [-0.4, -0.2) is 41.5 Å². The van der Waals surface area contributed by atoms with Crippen LogP contribution in [0.25, 0.3) is 10.6 Å². The number of hydrogen-bond acceptors (Lipinski definition) is 4. The van der Waals surface area contributed by atoms with Crippen molar-refractivity contribution in [2.24, 2.45) is 5.92 Å². The van der Waals surface area contributed by atoms with E-state index in [9.17, 15) is 4.79 Å². The SMILES string of the molecule is Cc1nc(-c2ccccc2)sc1C(=O)N[C@H]1CN2CCC1CC2.Cl.Cl. The number of amides is 1. The Bertz CT molecular complexity index is 714. The minimum absolute atomic E-state index is 0. The van der Waals surface area contributed by atoms with Gasteiger partial charge in [-0.2, -0.15) is 0 Å². The summed E-state index contributed by atoms with van der Waals surface area (Å²) in [5.41, 5.74) is 1.90. The van der Waals surface area contributed by atoms with Crippen LogP contribution in [0.2, 0.25) is 0 Å². The van der Waals surface area contributed by atoms with Crippen LogP contribution >= 0.6 is 36.2 Å². The second kappa shape index (κ2) is 8.49. The van der Waals surface area contributed by atoms with E-state index in [1.54, 1.807) is 0 Å². The average molecular weight is 400 g/mol. The van der Waals surface area contributed by atoms with Crippen LogP contribution in [0.5, 0.6) is 0 Å². The van der Waals surface area contributed by atoms with E-state index in [-0.39, 0.29) is 30.7 Å². The summed E-state index contributed by atoms with van der Waals surface area (Å²) in [4.78, 5) is 20.5. The van der Waals surface area contributed by atoms with Crippen molar-refractivity contribution in [3.63, 3.8) is 0 Å². The van der Waals surface area contributed by atoms with E-state index < -0.39 is 0 Å². The fourth-order valence-electron chi connectivity index (χ4n) is 3.67. The topological polar surface area (TPSA) is 45.2 Å². The Balaban J connectivity index is 0.00000113. The van der Waals surface area contributed by atoms with Crippen LogP contribution in [0, 0.1) is 12.8 Å². The second-order valence-electron chi connectivity index (χ2n) is 6.52. The molecule has 7 heteroatoms. The second-order valence-corrected chi connectivity index (χ2v) is 7.52. The normalized spacial score (nSPS) is 24.1. The smallest absolute Gasteiger partial charge is 0.263 e. The lowest BCUT2D eigenvalue weighted by Gasteiger charge is -2.44. The van der Waals surface area contributed by atoms with E-state index in [1.165, 1.54) is 37.3 Å². The summed E-state index contributed by atoms with van der Waals surface area (Å²) in [7, 11) is 0. The van der Waals surface area contributed by atoms with Crippen molar-refractivity contribution < 1.29 is 4.79 Å². The maximum absolute atomic E-state index is 12.7. The average Bonchev–Trinajstić information content (AvgIpc) is 2.99. The van der Waals surface area contributed by atoms with E-state index >= 15 is 0 Å². The molecule has 0 aliphatic carbocycles. The van der Waals surface area contributed by atoms with Gasteiger partial charge in [-0.15, -0.1) is 36.2 Å². The Morgan fingerprint density at radius 2 is 1.88 bits per heavy atom. The number of nitrogens with one attached hydrogen (secondary N) is 1. The van der Waals surface area contributed by atoms with Gasteiger partial charge in [0.05, 0.1) is 5.69 Å². The molecule has 1 N–H and O–H groups in total. The van der Waals surface area contributed by atoms with Crippen LogP contribution < -0.4 is 5.32 Å².